The van der Waals surface area contributed by atoms with Crippen molar-refractivity contribution in [1.29, 1.82) is 0 Å². The topological polar surface area (TPSA) is 66.4 Å². The van der Waals surface area contributed by atoms with Crippen molar-refractivity contribution in [3.63, 3.8) is 0 Å². The Morgan fingerprint density at radius 2 is 2.27 bits per heavy atom. The molecule has 0 bridgehead atoms. The zero-order chi connectivity index (χ0) is 11.0. The number of carboxylic acid groups (broad SMARTS) is 1. The molecule has 5 heteroatoms. The highest BCUT2D eigenvalue weighted by molar-refractivity contribution is 6.04. The van der Waals surface area contributed by atoms with Crippen molar-refractivity contribution >= 4 is 17.6 Å². The molecule has 0 radical (unpaired) electrons. The maximum atomic E-state index is 12.9. The molecule has 2 rings (SSSR count). The molecule has 1 aliphatic rings. The van der Waals surface area contributed by atoms with Crippen molar-refractivity contribution in [1.82, 2.24) is 0 Å². The highest BCUT2D eigenvalue weighted by atomic mass is 19.1. The van der Waals surface area contributed by atoms with Gasteiger partial charge in [-0.05, 0) is 23.8 Å². The van der Waals surface area contributed by atoms with Crippen LogP contribution in [0.5, 0.6) is 0 Å². The van der Waals surface area contributed by atoms with Gasteiger partial charge in [0, 0.05) is 5.69 Å². The lowest BCUT2D eigenvalue weighted by molar-refractivity contribution is -0.138. The minimum Gasteiger partial charge on any atom is -0.481 e. The summed E-state index contributed by atoms with van der Waals surface area (Å²) in [5.41, 5.74) is 0.912. The number of aliphatic carboxylic acids is 1. The van der Waals surface area contributed by atoms with E-state index in [2.05, 4.69) is 5.32 Å². The van der Waals surface area contributed by atoms with E-state index in [0.29, 0.717) is 11.3 Å². The quantitative estimate of drug-likeness (QED) is 0.772. The van der Waals surface area contributed by atoms with Gasteiger partial charge in [-0.15, -0.1) is 0 Å². The highest BCUT2D eigenvalue weighted by Crippen LogP contribution is 2.34. The van der Waals surface area contributed by atoms with Gasteiger partial charge >= 0.3 is 5.97 Å². The molecule has 1 aromatic carbocycles. The number of amides is 1. The van der Waals surface area contributed by atoms with Gasteiger partial charge < -0.3 is 10.4 Å². The van der Waals surface area contributed by atoms with Crippen LogP contribution in [-0.2, 0) is 9.59 Å². The Morgan fingerprint density at radius 3 is 2.93 bits per heavy atom. The second-order valence-electron chi connectivity index (χ2n) is 3.37. The van der Waals surface area contributed by atoms with E-state index in [9.17, 15) is 14.0 Å². The SMILES string of the molecule is O=C(O)C[C@H]1C(=O)Nc2ccc(F)cc21. The molecule has 0 fully saturated rings. The summed E-state index contributed by atoms with van der Waals surface area (Å²) in [6.07, 6.45) is -0.317. The van der Waals surface area contributed by atoms with E-state index in [-0.39, 0.29) is 6.42 Å². The molecule has 0 spiro atoms. The number of rotatable bonds is 2. The molecule has 78 valence electrons. The van der Waals surface area contributed by atoms with Crippen LogP contribution in [0, 0.1) is 5.82 Å². The van der Waals surface area contributed by atoms with Gasteiger partial charge in [0.2, 0.25) is 5.91 Å². The van der Waals surface area contributed by atoms with Crippen molar-refractivity contribution in [2.45, 2.75) is 12.3 Å². The molecule has 0 saturated carbocycles. The van der Waals surface area contributed by atoms with Crippen LogP contribution < -0.4 is 5.32 Å². The van der Waals surface area contributed by atoms with Gasteiger partial charge in [-0.25, -0.2) is 4.39 Å². The van der Waals surface area contributed by atoms with Gasteiger partial charge in [0.05, 0.1) is 12.3 Å². The van der Waals surface area contributed by atoms with E-state index in [4.69, 9.17) is 5.11 Å². The Balaban J connectivity index is 2.39. The van der Waals surface area contributed by atoms with Crippen LogP contribution in [0.4, 0.5) is 10.1 Å². The number of carboxylic acids is 1. The predicted octanol–water partition coefficient (Wildman–Crippen LogP) is 1.34. The van der Waals surface area contributed by atoms with Crippen molar-refractivity contribution in [3.05, 3.63) is 29.6 Å². The summed E-state index contributed by atoms with van der Waals surface area (Å²) in [6.45, 7) is 0. The van der Waals surface area contributed by atoms with Crippen molar-refractivity contribution < 1.29 is 19.1 Å². The summed E-state index contributed by atoms with van der Waals surface area (Å²) in [7, 11) is 0. The maximum absolute atomic E-state index is 12.9. The van der Waals surface area contributed by atoms with Gasteiger partial charge in [0.15, 0.2) is 0 Å². The number of carbonyl (C=O) groups excluding carboxylic acids is 1. The van der Waals surface area contributed by atoms with E-state index in [1.54, 1.807) is 0 Å². The molecule has 0 aliphatic carbocycles. The number of hydrogen-bond acceptors (Lipinski definition) is 2. The number of fused-ring (bicyclic) bond motifs is 1. The second kappa shape index (κ2) is 3.34. The standard InChI is InChI=1S/C10H8FNO3/c11-5-1-2-8-6(3-5)7(4-9(13)14)10(15)12-8/h1-3,7H,4H2,(H,12,15)(H,13,14)/t7-/m1/s1. The van der Waals surface area contributed by atoms with E-state index >= 15 is 0 Å². The number of benzene rings is 1. The molecule has 0 aromatic heterocycles. The number of nitrogens with one attached hydrogen (secondary N) is 1. The smallest absolute Gasteiger partial charge is 0.304 e. The summed E-state index contributed by atoms with van der Waals surface area (Å²) in [5, 5.41) is 11.1. The van der Waals surface area contributed by atoms with Crippen molar-refractivity contribution in [2.24, 2.45) is 0 Å². The van der Waals surface area contributed by atoms with E-state index in [1.165, 1.54) is 18.2 Å². The van der Waals surface area contributed by atoms with Gasteiger partial charge in [0.25, 0.3) is 0 Å². The van der Waals surface area contributed by atoms with Gasteiger partial charge in [0.1, 0.15) is 5.82 Å². The van der Waals surface area contributed by atoms with Crippen molar-refractivity contribution in [2.75, 3.05) is 5.32 Å². The van der Waals surface area contributed by atoms with Gasteiger partial charge in [-0.2, -0.15) is 0 Å². The third kappa shape index (κ3) is 1.68. The fourth-order valence-corrected chi connectivity index (χ4v) is 1.67. The fourth-order valence-electron chi connectivity index (χ4n) is 1.67. The van der Waals surface area contributed by atoms with Crippen LogP contribution in [0.15, 0.2) is 18.2 Å². The van der Waals surface area contributed by atoms with Crippen molar-refractivity contribution in [3.8, 4) is 0 Å². The van der Waals surface area contributed by atoms with E-state index in [0.717, 1.165) is 0 Å². The van der Waals surface area contributed by atoms with Gasteiger partial charge in [-0.1, -0.05) is 0 Å². The summed E-state index contributed by atoms with van der Waals surface area (Å²) in [4.78, 5) is 21.9. The largest absolute Gasteiger partial charge is 0.481 e. The lowest BCUT2D eigenvalue weighted by atomic mass is 9.97. The fraction of sp³-hybridized carbons (Fsp3) is 0.200. The summed E-state index contributed by atoms with van der Waals surface area (Å²) in [6, 6.07) is 3.85. The molecular weight excluding hydrogens is 201 g/mol. The lowest BCUT2D eigenvalue weighted by Gasteiger charge is -2.04. The summed E-state index contributed by atoms with van der Waals surface area (Å²) in [5.74, 6) is -2.72. The first-order chi connectivity index (χ1) is 7.08. The number of carbonyl (C=O) groups is 2. The predicted molar refractivity (Wildman–Crippen MR) is 50.0 cm³/mol. The van der Waals surface area contributed by atoms with Gasteiger partial charge in [-0.3, -0.25) is 9.59 Å². The van der Waals surface area contributed by atoms with E-state index in [1.807, 2.05) is 0 Å². The third-order valence-electron chi connectivity index (χ3n) is 2.34. The first-order valence-corrected chi connectivity index (χ1v) is 4.40. The van der Waals surface area contributed by atoms with E-state index < -0.39 is 23.6 Å². The second-order valence-corrected chi connectivity index (χ2v) is 3.37. The molecule has 4 nitrogen and oxygen atoms in total. The molecule has 0 saturated heterocycles. The summed E-state index contributed by atoms with van der Waals surface area (Å²) >= 11 is 0. The Labute approximate surface area is 84.7 Å². The molecular formula is C10H8FNO3. The molecule has 1 aliphatic heterocycles. The monoisotopic (exact) mass is 209 g/mol. The zero-order valence-electron chi connectivity index (χ0n) is 7.66. The minimum absolute atomic E-state index is 0.317. The molecule has 1 aromatic rings. The average molecular weight is 209 g/mol. The highest BCUT2D eigenvalue weighted by Gasteiger charge is 2.32. The van der Waals surface area contributed by atoms with Crippen LogP contribution in [-0.4, -0.2) is 17.0 Å². The minimum atomic E-state index is -1.08. The number of hydrogen-bond donors (Lipinski definition) is 2. The third-order valence-corrected chi connectivity index (χ3v) is 2.34. The molecule has 0 unspecified atom stereocenters. The summed E-state index contributed by atoms with van der Waals surface area (Å²) < 4.78 is 12.9. The number of anilines is 1. The molecule has 1 amide bonds. The lowest BCUT2D eigenvalue weighted by Crippen LogP contribution is -2.15. The van der Waals surface area contributed by atoms with Crippen LogP contribution in [0.1, 0.15) is 17.9 Å². The first kappa shape index (κ1) is 9.64. The molecule has 1 heterocycles. The molecule has 15 heavy (non-hydrogen) atoms. The Bertz CT molecular complexity index is 444. The zero-order valence-corrected chi connectivity index (χ0v) is 7.66. The molecule has 1 atom stereocenters. The first-order valence-electron chi connectivity index (χ1n) is 4.40. The Kier molecular flexibility index (Phi) is 2.15. The van der Waals surface area contributed by atoms with Crippen LogP contribution in [0.25, 0.3) is 0 Å². The average Bonchev–Trinajstić information content (AvgIpc) is 2.43. The van der Waals surface area contributed by atoms with Crippen LogP contribution in [0.2, 0.25) is 0 Å². The van der Waals surface area contributed by atoms with Crippen LogP contribution in [0.3, 0.4) is 0 Å². The number of halogens is 1. The normalized spacial score (nSPS) is 18.5. The maximum Gasteiger partial charge on any atom is 0.304 e. The Morgan fingerprint density at radius 1 is 1.53 bits per heavy atom. The molecule has 2 N–H and O–H groups in total. The van der Waals surface area contributed by atoms with Crippen LogP contribution >= 0.6 is 0 Å². The Hall–Kier alpha value is -1.91.